The Morgan fingerprint density at radius 3 is 2.76 bits per heavy atom. The van der Waals surface area contributed by atoms with Crippen LogP contribution >= 0.6 is 0 Å². The number of rotatable bonds is 5. The van der Waals surface area contributed by atoms with Crippen LogP contribution in [0.15, 0.2) is 18.2 Å². The predicted molar refractivity (Wildman–Crippen MR) is 86.0 cm³/mol. The molecule has 1 saturated carbocycles. The largest absolute Gasteiger partial charge is 0.338 e. The lowest BCUT2D eigenvalue weighted by molar-refractivity contribution is 0.0747. The summed E-state index contributed by atoms with van der Waals surface area (Å²) in [5.74, 6) is 6.75. The fraction of sp³-hybridized carbons (Fsp3) is 0.500. The number of benzene rings is 1. The lowest BCUT2D eigenvalue weighted by atomic mass is 10.0. The van der Waals surface area contributed by atoms with E-state index in [2.05, 4.69) is 18.8 Å². The maximum Gasteiger partial charge on any atom is 0.253 e. The van der Waals surface area contributed by atoms with Crippen LogP contribution in [0.2, 0.25) is 0 Å². The van der Waals surface area contributed by atoms with E-state index in [9.17, 15) is 4.79 Å². The van der Waals surface area contributed by atoms with Gasteiger partial charge in [0, 0.05) is 24.2 Å². The normalized spacial score (nSPS) is 13.5. The van der Waals surface area contributed by atoms with Crippen LogP contribution in [-0.2, 0) is 0 Å². The smallest absolute Gasteiger partial charge is 0.253 e. The molecule has 0 aliphatic heterocycles. The molecule has 0 atom stereocenters. The third-order valence-corrected chi connectivity index (χ3v) is 3.75. The van der Waals surface area contributed by atoms with Crippen LogP contribution < -0.4 is 5.73 Å². The van der Waals surface area contributed by atoms with Crippen molar-refractivity contribution in [2.45, 2.75) is 33.1 Å². The van der Waals surface area contributed by atoms with Gasteiger partial charge in [0.1, 0.15) is 0 Å². The van der Waals surface area contributed by atoms with Crippen molar-refractivity contribution in [1.82, 2.24) is 4.90 Å². The predicted octanol–water partition coefficient (Wildman–Crippen LogP) is 2.57. The number of hydrogen-bond acceptors (Lipinski definition) is 2. The molecule has 0 aromatic heterocycles. The van der Waals surface area contributed by atoms with E-state index in [1.165, 1.54) is 12.8 Å². The van der Waals surface area contributed by atoms with Gasteiger partial charge < -0.3 is 10.6 Å². The molecule has 1 amide bonds. The molecule has 1 aromatic carbocycles. The third kappa shape index (κ3) is 4.34. The highest BCUT2D eigenvalue weighted by atomic mass is 16.2. The van der Waals surface area contributed by atoms with Crippen molar-refractivity contribution in [3.8, 4) is 11.8 Å². The number of nitrogens with two attached hydrogens (primary N) is 1. The van der Waals surface area contributed by atoms with Crippen LogP contribution in [0.5, 0.6) is 0 Å². The van der Waals surface area contributed by atoms with E-state index >= 15 is 0 Å². The summed E-state index contributed by atoms with van der Waals surface area (Å²) in [7, 11) is 0. The fourth-order valence-corrected chi connectivity index (χ4v) is 2.42. The Kier molecular flexibility index (Phi) is 5.41. The minimum Gasteiger partial charge on any atom is -0.338 e. The van der Waals surface area contributed by atoms with Crippen LogP contribution in [0.25, 0.3) is 0 Å². The molecule has 1 aromatic rings. The van der Waals surface area contributed by atoms with E-state index in [1.807, 2.05) is 30.0 Å². The van der Waals surface area contributed by atoms with Gasteiger partial charge in [-0.3, -0.25) is 4.79 Å². The SMILES string of the molecule is CCCN(CC1CC1)C(=O)c1ccc(C#CCN)c(C)c1. The molecule has 112 valence electrons. The van der Waals surface area contributed by atoms with Crippen molar-refractivity contribution in [2.24, 2.45) is 11.7 Å². The Labute approximate surface area is 127 Å². The molecule has 3 nitrogen and oxygen atoms in total. The summed E-state index contributed by atoms with van der Waals surface area (Å²) >= 11 is 0. The first kappa shape index (κ1) is 15.6. The Hall–Kier alpha value is -1.79. The summed E-state index contributed by atoms with van der Waals surface area (Å²) < 4.78 is 0. The average Bonchev–Trinajstić information content (AvgIpc) is 3.29. The Balaban J connectivity index is 2.14. The molecule has 0 bridgehead atoms. The number of hydrogen-bond donors (Lipinski definition) is 1. The molecule has 21 heavy (non-hydrogen) atoms. The number of aryl methyl sites for hydroxylation is 1. The third-order valence-electron chi connectivity index (χ3n) is 3.75. The molecule has 0 spiro atoms. The second kappa shape index (κ2) is 7.28. The van der Waals surface area contributed by atoms with Gasteiger partial charge in [0.25, 0.3) is 5.91 Å². The maximum absolute atomic E-state index is 12.6. The second-order valence-electron chi connectivity index (χ2n) is 5.73. The molecule has 1 aliphatic rings. The first-order valence-electron chi connectivity index (χ1n) is 7.74. The molecule has 0 radical (unpaired) electrons. The lowest BCUT2D eigenvalue weighted by Gasteiger charge is -2.22. The zero-order chi connectivity index (χ0) is 15.2. The molecular formula is C18H24N2O. The van der Waals surface area contributed by atoms with E-state index in [0.29, 0.717) is 6.54 Å². The van der Waals surface area contributed by atoms with E-state index in [1.54, 1.807) is 0 Å². The zero-order valence-corrected chi connectivity index (χ0v) is 13.0. The van der Waals surface area contributed by atoms with E-state index < -0.39 is 0 Å². The van der Waals surface area contributed by atoms with Gasteiger partial charge in [-0.05, 0) is 55.9 Å². The summed E-state index contributed by atoms with van der Waals surface area (Å²) in [6.45, 7) is 6.20. The van der Waals surface area contributed by atoms with Gasteiger partial charge in [-0.15, -0.1) is 0 Å². The second-order valence-corrected chi connectivity index (χ2v) is 5.73. The Morgan fingerprint density at radius 1 is 1.43 bits per heavy atom. The monoisotopic (exact) mass is 284 g/mol. The quantitative estimate of drug-likeness (QED) is 0.845. The first-order valence-corrected chi connectivity index (χ1v) is 7.74. The highest BCUT2D eigenvalue weighted by Crippen LogP contribution is 2.30. The molecule has 0 saturated heterocycles. The first-order chi connectivity index (χ1) is 10.2. The fourth-order valence-electron chi connectivity index (χ4n) is 2.42. The van der Waals surface area contributed by atoms with E-state index in [-0.39, 0.29) is 5.91 Å². The van der Waals surface area contributed by atoms with Crippen molar-refractivity contribution in [1.29, 1.82) is 0 Å². The highest BCUT2D eigenvalue weighted by Gasteiger charge is 2.26. The van der Waals surface area contributed by atoms with Gasteiger partial charge in [0.15, 0.2) is 0 Å². The van der Waals surface area contributed by atoms with Crippen LogP contribution in [0.4, 0.5) is 0 Å². The molecule has 0 unspecified atom stereocenters. The van der Waals surface area contributed by atoms with Gasteiger partial charge in [-0.1, -0.05) is 18.8 Å². The van der Waals surface area contributed by atoms with Gasteiger partial charge in [-0.2, -0.15) is 0 Å². The molecule has 1 fully saturated rings. The molecule has 1 aliphatic carbocycles. The van der Waals surface area contributed by atoms with Crippen molar-refractivity contribution < 1.29 is 4.79 Å². The van der Waals surface area contributed by atoms with Crippen LogP contribution in [0.3, 0.4) is 0 Å². The highest BCUT2D eigenvalue weighted by molar-refractivity contribution is 5.94. The summed E-state index contributed by atoms with van der Waals surface area (Å²) in [6, 6.07) is 5.75. The number of nitrogens with zero attached hydrogens (tertiary/aromatic N) is 1. The summed E-state index contributed by atoms with van der Waals surface area (Å²) in [5.41, 5.74) is 8.14. The molecule has 0 heterocycles. The summed E-state index contributed by atoms with van der Waals surface area (Å²) in [4.78, 5) is 14.6. The van der Waals surface area contributed by atoms with Crippen molar-refractivity contribution in [3.63, 3.8) is 0 Å². The van der Waals surface area contributed by atoms with E-state index in [0.717, 1.165) is 42.1 Å². The minimum atomic E-state index is 0.144. The Morgan fingerprint density at radius 2 is 2.19 bits per heavy atom. The lowest BCUT2D eigenvalue weighted by Crippen LogP contribution is -2.33. The molecule has 3 heteroatoms. The minimum absolute atomic E-state index is 0.144. The van der Waals surface area contributed by atoms with Crippen molar-refractivity contribution in [3.05, 3.63) is 34.9 Å². The molecule has 2 rings (SSSR count). The number of carbonyl (C=O) groups excluding carboxylic acids is 1. The van der Waals surface area contributed by atoms with Gasteiger partial charge in [0.05, 0.1) is 6.54 Å². The molecule has 2 N–H and O–H groups in total. The van der Waals surface area contributed by atoms with Crippen LogP contribution in [0, 0.1) is 24.7 Å². The van der Waals surface area contributed by atoms with Crippen LogP contribution in [-0.4, -0.2) is 30.4 Å². The summed E-state index contributed by atoms with van der Waals surface area (Å²) in [6.07, 6.45) is 3.53. The standard InChI is InChI=1S/C18H24N2O/c1-3-11-20(13-15-6-7-15)18(21)17-9-8-16(5-4-10-19)14(2)12-17/h8-9,12,15H,3,6-7,10-11,13,19H2,1-2H3. The van der Waals surface area contributed by atoms with Crippen LogP contribution in [0.1, 0.15) is 47.7 Å². The topological polar surface area (TPSA) is 46.3 Å². The summed E-state index contributed by atoms with van der Waals surface area (Å²) in [5, 5.41) is 0. The maximum atomic E-state index is 12.6. The number of amides is 1. The average molecular weight is 284 g/mol. The van der Waals surface area contributed by atoms with E-state index in [4.69, 9.17) is 5.73 Å². The number of carbonyl (C=O) groups is 1. The van der Waals surface area contributed by atoms with Gasteiger partial charge >= 0.3 is 0 Å². The van der Waals surface area contributed by atoms with Gasteiger partial charge in [-0.25, -0.2) is 0 Å². The molecular weight excluding hydrogens is 260 g/mol. The van der Waals surface area contributed by atoms with Gasteiger partial charge in [0.2, 0.25) is 0 Å². The zero-order valence-electron chi connectivity index (χ0n) is 13.0. The van der Waals surface area contributed by atoms with Crippen molar-refractivity contribution in [2.75, 3.05) is 19.6 Å². The van der Waals surface area contributed by atoms with Crippen molar-refractivity contribution >= 4 is 5.91 Å². The Bertz CT molecular complexity index is 564.